The average Bonchev–Trinajstić information content (AvgIpc) is 3.96. The fraction of sp³-hybridized carbons (Fsp3) is 0.423. The van der Waals surface area contributed by atoms with Gasteiger partial charge in [-0.2, -0.15) is 19.0 Å². The van der Waals surface area contributed by atoms with Crippen molar-refractivity contribution in [3.05, 3.63) is 139 Å². The molecule has 8 aromatic rings. The van der Waals surface area contributed by atoms with Gasteiger partial charge in [0.05, 0.1) is 51.9 Å². The van der Waals surface area contributed by atoms with Crippen LogP contribution in [0, 0.1) is 31.4 Å². The molecular formula is C52H52F4N10O6. The number of nitrogens with zero attached hydrogens (tertiary/aromatic N) is 9. The van der Waals surface area contributed by atoms with E-state index in [2.05, 4.69) is 41.2 Å². The van der Waals surface area contributed by atoms with E-state index in [9.17, 15) is 18.4 Å². The number of rotatable bonds is 9. The summed E-state index contributed by atoms with van der Waals surface area (Å²) in [4.78, 5) is 48.1. The van der Waals surface area contributed by atoms with E-state index in [0.29, 0.717) is 46.6 Å². The summed E-state index contributed by atoms with van der Waals surface area (Å²) in [5.74, 6) is -1.67. The van der Waals surface area contributed by atoms with Gasteiger partial charge in [0.1, 0.15) is 22.9 Å². The van der Waals surface area contributed by atoms with E-state index in [1.165, 1.54) is 43.2 Å². The number of carbonyl (C=O) groups excluding carboxylic acids is 1. The summed E-state index contributed by atoms with van der Waals surface area (Å²) in [6.45, 7) is 8.81. The summed E-state index contributed by atoms with van der Waals surface area (Å²) in [6, 6.07) is 13.6. The van der Waals surface area contributed by atoms with Gasteiger partial charge < -0.3 is 18.9 Å². The van der Waals surface area contributed by atoms with Crippen molar-refractivity contribution in [2.45, 2.75) is 115 Å². The highest BCUT2D eigenvalue weighted by atomic mass is 19.3. The predicted molar refractivity (Wildman–Crippen MR) is 255 cm³/mol. The summed E-state index contributed by atoms with van der Waals surface area (Å²) in [7, 11) is 1.69. The van der Waals surface area contributed by atoms with Gasteiger partial charge in [0.25, 0.3) is 5.91 Å². The number of benzene rings is 3. The van der Waals surface area contributed by atoms with Crippen molar-refractivity contribution >= 4 is 27.7 Å². The van der Waals surface area contributed by atoms with Crippen LogP contribution in [0.5, 0.6) is 0 Å². The first-order valence-electron chi connectivity index (χ1n) is 24.2. The zero-order chi connectivity index (χ0) is 50.5. The average molecular weight is 989 g/mol. The first-order valence-corrected chi connectivity index (χ1v) is 24.2. The van der Waals surface area contributed by atoms with Crippen LogP contribution in [0.3, 0.4) is 0 Å². The number of carbonyl (C=O) groups is 1. The lowest BCUT2D eigenvalue weighted by Crippen LogP contribution is -2.58. The molecule has 4 atom stereocenters. The number of aromatic nitrogens is 9. The minimum atomic E-state index is -3.05. The summed E-state index contributed by atoms with van der Waals surface area (Å²) in [5.41, 5.74) is 1.48. The van der Waals surface area contributed by atoms with Crippen molar-refractivity contribution in [2.75, 3.05) is 13.2 Å². The number of hydrogen-bond acceptors (Lipinski definition) is 9. The van der Waals surface area contributed by atoms with Crippen LogP contribution in [0.2, 0.25) is 0 Å². The SMILES string of the molecule is Cc1cc(-n2nc3c(c2-n2ccn(-c4ccc5c(cnn5C)c4F)c2=O)[C@H](C)N(C(=O)c2cc4cc([C@H]5CCOC(C)(C)C5)ccc4n2[C@@]2(c4noc(=O)[nH]4)C[C@@H]2C)CC32CC(OC(F)F)C2)cc(C)c1F. The number of amides is 1. The van der Waals surface area contributed by atoms with Crippen LogP contribution in [0.15, 0.2) is 81.2 Å². The predicted octanol–water partition coefficient (Wildman–Crippen LogP) is 8.54. The lowest BCUT2D eigenvalue weighted by molar-refractivity contribution is -0.198. The van der Waals surface area contributed by atoms with Crippen LogP contribution in [0.4, 0.5) is 17.6 Å². The third-order valence-corrected chi connectivity index (χ3v) is 16.1. The number of hydrogen-bond donors (Lipinski definition) is 1. The van der Waals surface area contributed by atoms with Crippen molar-refractivity contribution in [1.29, 1.82) is 0 Å². The van der Waals surface area contributed by atoms with E-state index in [-0.39, 0.29) is 65.2 Å². The van der Waals surface area contributed by atoms with Crippen LogP contribution < -0.4 is 11.4 Å². The second kappa shape index (κ2) is 16.0. The molecule has 5 aromatic heterocycles. The Balaban J connectivity index is 1.06. The van der Waals surface area contributed by atoms with Gasteiger partial charge in [-0.15, -0.1) is 0 Å². The Kier molecular flexibility index (Phi) is 10.2. The summed E-state index contributed by atoms with van der Waals surface area (Å²) in [6.07, 6.45) is 5.68. The molecule has 20 heteroatoms. The Morgan fingerprint density at radius 3 is 2.33 bits per heavy atom. The minimum absolute atomic E-state index is 0.0283. The van der Waals surface area contributed by atoms with E-state index in [1.807, 2.05) is 30.5 Å². The maximum absolute atomic E-state index is 16.4. The molecule has 1 spiro atoms. The van der Waals surface area contributed by atoms with Crippen LogP contribution in [0.1, 0.15) is 116 Å². The number of nitrogens with one attached hydrogen (secondary N) is 1. The summed E-state index contributed by atoms with van der Waals surface area (Å²) >= 11 is 0. The second-order valence-electron chi connectivity index (χ2n) is 21.1. The topological polar surface area (TPSA) is 165 Å². The summed E-state index contributed by atoms with van der Waals surface area (Å²) < 4.78 is 83.3. The molecule has 3 fully saturated rings. The first kappa shape index (κ1) is 46.0. The molecule has 7 heterocycles. The Morgan fingerprint density at radius 2 is 1.65 bits per heavy atom. The molecule has 16 nitrogen and oxygen atoms in total. The quantitative estimate of drug-likeness (QED) is 0.140. The molecule has 4 aliphatic rings. The summed E-state index contributed by atoms with van der Waals surface area (Å²) in [5, 5.41) is 14.6. The molecular weight excluding hydrogens is 937 g/mol. The van der Waals surface area contributed by atoms with Gasteiger partial charge in [-0.1, -0.05) is 18.1 Å². The molecule has 0 unspecified atom stereocenters. The van der Waals surface area contributed by atoms with Gasteiger partial charge in [0.2, 0.25) is 0 Å². The monoisotopic (exact) mass is 988 g/mol. The Labute approximate surface area is 408 Å². The Bertz CT molecular complexity index is 3640. The van der Waals surface area contributed by atoms with E-state index in [1.54, 1.807) is 44.0 Å². The molecule has 2 saturated carbocycles. The fourth-order valence-electron chi connectivity index (χ4n) is 12.4. The molecule has 2 aliphatic heterocycles. The molecule has 72 heavy (non-hydrogen) atoms. The molecule has 0 radical (unpaired) electrons. The Hall–Kier alpha value is -7.06. The number of aryl methyl sites for hydroxylation is 3. The van der Waals surface area contributed by atoms with Crippen molar-refractivity contribution in [1.82, 2.24) is 48.3 Å². The highest BCUT2D eigenvalue weighted by Crippen LogP contribution is 2.57. The van der Waals surface area contributed by atoms with Crippen LogP contribution >= 0.6 is 0 Å². The number of fused-ring (bicyclic) bond motifs is 4. The third kappa shape index (κ3) is 6.84. The lowest BCUT2D eigenvalue weighted by Gasteiger charge is -2.53. The van der Waals surface area contributed by atoms with Gasteiger partial charge in [-0.3, -0.25) is 28.1 Å². The molecule has 374 valence electrons. The van der Waals surface area contributed by atoms with Crippen LogP contribution in [-0.2, 0) is 27.5 Å². The van der Waals surface area contributed by atoms with Gasteiger partial charge in [0, 0.05) is 54.5 Å². The molecule has 12 rings (SSSR count). The van der Waals surface area contributed by atoms with E-state index in [4.69, 9.17) is 19.1 Å². The normalized spacial score (nSPS) is 24.7. The molecule has 2 aliphatic carbocycles. The smallest absolute Gasteiger partial charge is 0.376 e. The number of H-pyrrole nitrogens is 1. The third-order valence-electron chi connectivity index (χ3n) is 16.1. The molecule has 1 N–H and O–H groups in total. The maximum Gasteiger partial charge on any atom is 0.438 e. The number of ether oxygens (including phenoxy) is 2. The van der Waals surface area contributed by atoms with Crippen LogP contribution in [-0.4, -0.2) is 85.7 Å². The maximum atomic E-state index is 16.4. The largest absolute Gasteiger partial charge is 0.438 e. The molecule has 1 amide bonds. The zero-order valence-corrected chi connectivity index (χ0v) is 40.7. The minimum Gasteiger partial charge on any atom is -0.376 e. The van der Waals surface area contributed by atoms with Gasteiger partial charge in [-0.05, 0) is 138 Å². The fourth-order valence-corrected chi connectivity index (χ4v) is 12.4. The van der Waals surface area contributed by atoms with Crippen molar-refractivity contribution in [3.63, 3.8) is 0 Å². The number of aromatic amines is 1. The highest BCUT2D eigenvalue weighted by Gasteiger charge is 2.60. The molecule has 1 saturated heterocycles. The van der Waals surface area contributed by atoms with E-state index >= 15 is 13.6 Å². The number of alkyl halides is 2. The van der Waals surface area contributed by atoms with Gasteiger partial charge >= 0.3 is 18.1 Å². The lowest BCUT2D eigenvalue weighted by atomic mass is 9.61. The van der Waals surface area contributed by atoms with Crippen molar-refractivity contribution in [3.8, 4) is 17.2 Å². The van der Waals surface area contributed by atoms with Gasteiger partial charge in [-0.25, -0.2) is 23.1 Å². The highest BCUT2D eigenvalue weighted by molar-refractivity contribution is 6.00. The van der Waals surface area contributed by atoms with Gasteiger partial charge in [0.15, 0.2) is 11.6 Å². The molecule has 3 aromatic carbocycles. The second-order valence-corrected chi connectivity index (χ2v) is 21.1. The first-order chi connectivity index (χ1) is 34.3. The van der Waals surface area contributed by atoms with Crippen molar-refractivity contribution < 1.29 is 36.4 Å². The van der Waals surface area contributed by atoms with Crippen molar-refractivity contribution in [2.24, 2.45) is 13.0 Å². The molecule has 0 bridgehead atoms. The van der Waals surface area contributed by atoms with E-state index in [0.717, 1.165) is 29.3 Å². The zero-order valence-electron chi connectivity index (χ0n) is 40.7. The number of imidazole rings is 1. The number of halogens is 4. The van der Waals surface area contributed by atoms with Crippen LogP contribution in [0.25, 0.3) is 39.0 Å². The Morgan fingerprint density at radius 1 is 0.931 bits per heavy atom. The standard InChI is InChI=1S/C52H52F4N10O6/c1-26-16-33(17-27(2)41(26)53)66-44(63-14-13-62(49(63)69)38-11-10-37-35(42(38)54)24-57-61(37)7)40-29(4)64(25-51(43(40)59-66)22-34(23-51)71-47(55)56)45(67)39-19-32-18-30(31-12-15-70-50(5,6)21-31)8-9-36(32)65(39)52(20-28(52)3)46-58-48(68)72-60-46/h8-11,13-14,16-19,24,28-29,31,34,47H,12,15,20-23,25H2,1-7H3,(H,58,60,68)/t28-,29-,31-,34?,51?,52-/m0/s1. The van der Waals surface area contributed by atoms with E-state index < -0.39 is 58.7 Å².